The summed E-state index contributed by atoms with van der Waals surface area (Å²) >= 11 is 0. The van der Waals surface area contributed by atoms with Crippen molar-refractivity contribution in [3.05, 3.63) is 23.9 Å². The molecule has 10 heavy (non-hydrogen) atoms. The number of rotatable bonds is 3. The van der Waals surface area contributed by atoms with Crippen LogP contribution in [-0.2, 0) is 0 Å². The molecule has 0 unspecified atom stereocenters. The van der Waals surface area contributed by atoms with Gasteiger partial charge in [0.15, 0.2) is 0 Å². The summed E-state index contributed by atoms with van der Waals surface area (Å²) in [7, 11) is 0. The Hall–Kier alpha value is -1.29. The zero-order valence-corrected chi connectivity index (χ0v) is 6.17. The number of aliphatic imine (C=N–C) groups is 1. The normalized spacial score (nSPS) is 11.4. The Morgan fingerprint density at radius 2 is 2.50 bits per heavy atom. The second kappa shape index (κ2) is 5.84. The predicted octanol–water partition coefficient (Wildman–Crippen LogP) is 2.17. The quantitative estimate of drug-likeness (QED) is 0.318. The lowest BCUT2D eigenvalue weighted by molar-refractivity contribution is 1.07. The van der Waals surface area contributed by atoms with Gasteiger partial charge in [-0.2, -0.15) is 0 Å². The molecular formula is C9H11N. The van der Waals surface area contributed by atoms with Crippen molar-refractivity contribution in [2.24, 2.45) is 4.99 Å². The first-order chi connectivity index (χ1) is 4.85. The first-order valence-electron chi connectivity index (χ1n) is 3.13. The van der Waals surface area contributed by atoms with E-state index in [1.54, 1.807) is 12.2 Å². The van der Waals surface area contributed by atoms with Gasteiger partial charge in [0.1, 0.15) is 0 Å². The molecule has 0 spiro atoms. The fourth-order valence-corrected chi connectivity index (χ4v) is 0.497. The Kier molecular flexibility index (Phi) is 5.09. The van der Waals surface area contributed by atoms with Crippen LogP contribution in [0.4, 0.5) is 0 Å². The Labute approximate surface area is 62.2 Å². The van der Waals surface area contributed by atoms with Gasteiger partial charge in [-0.25, -0.2) is 0 Å². The molecule has 0 aliphatic carbocycles. The number of hydrogen-bond donors (Lipinski definition) is 0. The molecule has 0 aromatic carbocycles. The number of terminal acetylenes is 1. The van der Waals surface area contributed by atoms with E-state index in [0.717, 1.165) is 12.1 Å². The molecule has 0 aliphatic rings. The zero-order valence-electron chi connectivity index (χ0n) is 6.17. The van der Waals surface area contributed by atoms with Crippen molar-refractivity contribution in [1.29, 1.82) is 0 Å². The maximum atomic E-state index is 4.99. The van der Waals surface area contributed by atoms with Crippen molar-refractivity contribution >= 4 is 6.72 Å². The molecule has 0 radical (unpaired) electrons. The monoisotopic (exact) mass is 133 g/mol. The lowest BCUT2D eigenvalue weighted by atomic mass is 10.3. The topological polar surface area (TPSA) is 12.4 Å². The second-order valence-corrected chi connectivity index (χ2v) is 1.70. The van der Waals surface area contributed by atoms with E-state index in [-0.39, 0.29) is 0 Å². The summed E-state index contributed by atoms with van der Waals surface area (Å²) in [5.41, 5.74) is 0.950. The molecule has 0 aromatic rings. The molecule has 1 nitrogen and oxygen atoms in total. The van der Waals surface area contributed by atoms with Crippen molar-refractivity contribution in [2.75, 3.05) is 0 Å². The van der Waals surface area contributed by atoms with Crippen LogP contribution in [0, 0.1) is 12.3 Å². The predicted molar refractivity (Wildman–Crippen MR) is 45.9 cm³/mol. The van der Waals surface area contributed by atoms with E-state index in [0.29, 0.717) is 0 Å². The molecule has 0 saturated carbocycles. The highest BCUT2D eigenvalue weighted by molar-refractivity contribution is 5.30. The number of hydrogen-bond acceptors (Lipinski definition) is 1. The van der Waals surface area contributed by atoms with Gasteiger partial charge in [-0.3, -0.25) is 4.99 Å². The molecule has 0 N–H and O–H groups in total. The third-order valence-electron chi connectivity index (χ3n) is 1.05. The van der Waals surface area contributed by atoms with Gasteiger partial charge in [-0.15, -0.1) is 6.42 Å². The molecule has 0 fully saturated rings. The lowest BCUT2D eigenvalue weighted by Gasteiger charge is -1.89. The Balaban J connectivity index is 4.01. The summed E-state index contributed by atoms with van der Waals surface area (Å²) in [6.45, 7) is 5.42. The minimum atomic E-state index is 0.887. The van der Waals surface area contributed by atoms with Gasteiger partial charge in [0, 0.05) is 5.70 Å². The molecule has 52 valence electrons. The molecule has 0 aliphatic heterocycles. The van der Waals surface area contributed by atoms with E-state index >= 15 is 0 Å². The van der Waals surface area contributed by atoms with E-state index in [4.69, 9.17) is 6.42 Å². The van der Waals surface area contributed by atoms with Gasteiger partial charge >= 0.3 is 0 Å². The minimum Gasteiger partial charge on any atom is -0.269 e. The average molecular weight is 133 g/mol. The largest absolute Gasteiger partial charge is 0.269 e. The van der Waals surface area contributed by atoms with Crippen LogP contribution in [-0.4, -0.2) is 6.72 Å². The van der Waals surface area contributed by atoms with Crippen molar-refractivity contribution in [3.8, 4) is 12.3 Å². The van der Waals surface area contributed by atoms with Crippen molar-refractivity contribution in [3.63, 3.8) is 0 Å². The summed E-state index contributed by atoms with van der Waals surface area (Å²) in [6.07, 6.45) is 11.1. The van der Waals surface area contributed by atoms with E-state index in [1.807, 2.05) is 13.0 Å². The van der Waals surface area contributed by atoms with Gasteiger partial charge < -0.3 is 0 Å². The molecule has 0 amide bonds. The first-order valence-corrected chi connectivity index (χ1v) is 3.13. The van der Waals surface area contributed by atoms with Gasteiger partial charge in [0.05, 0.1) is 0 Å². The van der Waals surface area contributed by atoms with Gasteiger partial charge in [0.25, 0.3) is 0 Å². The van der Waals surface area contributed by atoms with Gasteiger partial charge in [-0.05, 0) is 25.3 Å². The van der Waals surface area contributed by atoms with Crippen LogP contribution in [0.1, 0.15) is 13.3 Å². The molecule has 0 heterocycles. The molecule has 0 atom stereocenters. The molecule has 0 rings (SSSR count). The maximum Gasteiger partial charge on any atom is 0.0393 e. The van der Waals surface area contributed by atoms with Gasteiger partial charge in [-0.1, -0.05) is 18.9 Å². The number of allylic oxidation sites excluding steroid dienone is 4. The first kappa shape index (κ1) is 8.71. The zero-order chi connectivity index (χ0) is 7.82. The van der Waals surface area contributed by atoms with E-state index < -0.39 is 0 Å². The third-order valence-corrected chi connectivity index (χ3v) is 1.05. The standard InChI is InChI=1S/C9H11N/c1-4-6-7-8-9(5-2)10-3/h1,6-8H,3,5H2,2H3/b7-6-,9-8+. The van der Waals surface area contributed by atoms with Crippen LogP contribution >= 0.6 is 0 Å². The second-order valence-electron chi connectivity index (χ2n) is 1.70. The summed E-state index contributed by atoms with van der Waals surface area (Å²) in [5.74, 6) is 2.38. The van der Waals surface area contributed by atoms with E-state index in [1.165, 1.54) is 0 Å². The molecule has 0 saturated heterocycles. The smallest absolute Gasteiger partial charge is 0.0393 e. The highest BCUT2D eigenvalue weighted by atomic mass is 14.7. The van der Waals surface area contributed by atoms with E-state index in [2.05, 4.69) is 17.6 Å². The van der Waals surface area contributed by atoms with Crippen LogP contribution < -0.4 is 0 Å². The third kappa shape index (κ3) is 3.68. The SMILES string of the molecule is C#C/C=C\C=C(/CC)N=C. The lowest BCUT2D eigenvalue weighted by Crippen LogP contribution is -1.70. The summed E-state index contributed by atoms with van der Waals surface area (Å²) in [6, 6.07) is 0. The fraction of sp³-hybridized carbons (Fsp3) is 0.222. The summed E-state index contributed by atoms with van der Waals surface area (Å²) < 4.78 is 0. The van der Waals surface area contributed by atoms with Gasteiger partial charge in [0.2, 0.25) is 0 Å². The van der Waals surface area contributed by atoms with Crippen molar-refractivity contribution in [2.45, 2.75) is 13.3 Å². The summed E-state index contributed by atoms with van der Waals surface area (Å²) in [4.78, 5) is 3.77. The highest BCUT2D eigenvalue weighted by Crippen LogP contribution is 1.99. The van der Waals surface area contributed by atoms with E-state index in [9.17, 15) is 0 Å². The minimum absolute atomic E-state index is 0.887. The molecule has 0 aromatic heterocycles. The highest BCUT2D eigenvalue weighted by Gasteiger charge is 1.81. The van der Waals surface area contributed by atoms with Crippen LogP contribution in [0.5, 0.6) is 0 Å². The summed E-state index contributed by atoms with van der Waals surface area (Å²) in [5, 5.41) is 0. The van der Waals surface area contributed by atoms with Crippen LogP contribution in [0.2, 0.25) is 0 Å². The maximum absolute atomic E-state index is 4.99. The Morgan fingerprint density at radius 3 is 2.90 bits per heavy atom. The fourth-order valence-electron chi connectivity index (χ4n) is 0.497. The Bertz CT molecular complexity index is 191. The molecule has 0 bridgehead atoms. The molecular weight excluding hydrogens is 122 g/mol. The molecule has 1 heteroatoms. The van der Waals surface area contributed by atoms with Crippen molar-refractivity contribution in [1.82, 2.24) is 0 Å². The van der Waals surface area contributed by atoms with Crippen LogP contribution in [0.25, 0.3) is 0 Å². The van der Waals surface area contributed by atoms with Crippen LogP contribution in [0.15, 0.2) is 28.9 Å². The number of nitrogens with zero attached hydrogens (tertiary/aromatic N) is 1. The Morgan fingerprint density at radius 1 is 1.80 bits per heavy atom. The van der Waals surface area contributed by atoms with Crippen molar-refractivity contribution < 1.29 is 0 Å². The average Bonchev–Trinajstić information content (AvgIpc) is 1.99. The van der Waals surface area contributed by atoms with Crippen LogP contribution in [0.3, 0.4) is 0 Å².